The maximum atomic E-state index is 13.9. The van der Waals surface area contributed by atoms with Gasteiger partial charge in [-0.05, 0) is 44.0 Å². The van der Waals surface area contributed by atoms with Gasteiger partial charge in [-0.3, -0.25) is 29.6 Å². The normalized spacial score (nSPS) is 21.3. The summed E-state index contributed by atoms with van der Waals surface area (Å²) in [4.78, 5) is 53.7. The molecule has 262 valence electrons. The number of rotatable bonds is 10. The first-order chi connectivity index (χ1) is 23.2. The van der Waals surface area contributed by atoms with Crippen molar-refractivity contribution in [1.82, 2.24) is 30.1 Å². The van der Waals surface area contributed by atoms with Crippen LogP contribution in [0.1, 0.15) is 47.7 Å². The number of nitro groups is 1. The third-order valence-corrected chi connectivity index (χ3v) is 8.61. The fourth-order valence-electron chi connectivity index (χ4n) is 6.10. The molecule has 2 aromatic heterocycles. The molecule has 2 fully saturated rings. The van der Waals surface area contributed by atoms with E-state index in [1.54, 1.807) is 24.3 Å². The van der Waals surface area contributed by atoms with Crippen LogP contribution in [-0.2, 0) is 28.8 Å². The second-order valence-electron chi connectivity index (χ2n) is 12.0. The van der Waals surface area contributed by atoms with E-state index < -0.39 is 40.8 Å². The van der Waals surface area contributed by atoms with E-state index in [9.17, 15) is 32.9 Å². The van der Waals surface area contributed by atoms with Crippen LogP contribution >= 0.6 is 15.9 Å². The van der Waals surface area contributed by atoms with Crippen LogP contribution < -0.4 is 16.0 Å². The number of alkyl halides is 3. The van der Waals surface area contributed by atoms with Crippen molar-refractivity contribution in [1.29, 1.82) is 0 Å². The number of morpholine rings is 1. The highest BCUT2D eigenvalue weighted by atomic mass is 79.9. The molecule has 0 bridgehead atoms. The quantitative estimate of drug-likeness (QED) is 0.201. The van der Waals surface area contributed by atoms with Crippen molar-refractivity contribution in [3.63, 3.8) is 0 Å². The van der Waals surface area contributed by atoms with Crippen LogP contribution in [0.5, 0.6) is 0 Å². The molecule has 4 atom stereocenters. The van der Waals surface area contributed by atoms with Crippen molar-refractivity contribution < 1.29 is 32.4 Å². The summed E-state index contributed by atoms with van der Waals surface area (Å²) in [5.41, 5.74) is 1.30. The van der Waals surface area contributed by atoms with Crippen LogP contribution in [0.2, 0.25) is 0 Å². The number of carbonyl (C=O) groups excluding carboxylic acids is 2. The average Bonchev–Trinajstić information content (AvgIpc) is 3.45. The minimum absolute atomic E-state index is 0.0236. The number of amides is 2. The lowest BCUT2D eigenvalue weighted by Gasteiger charge is -2.35. The molecular weight excluding hydrogens is 715 g/mol. The van der Waals surface area contributed by atoms with Crippen LogP contribution in [-0.4, -0.2) is 92.5 Å². The molecule has 1 aromatic carbocycles. The first kappa shape index (κ1) is 35.9. The molecule has 3 aromatic rings. The topological polar surface area (TPSA) is 168 Å². The Morgan fingerprint density at radius 2 is 1.88 bits per heavy atom. The van der Waals surface area contributed by atoms with E-state index in [2.05, 4.69) is 46.8 Å². The Morgan fingerprint density at radius 1 is 1.14 bits per heavy atom. The van der Waals surface area contributed by atoms with Gasteiger partial charge in [-0.15, -0.1) is 0 Å². The van der Waals surface area contributed by atoms with Crippen molar-refractivity contribution in [2.24, 2.45) is 0 Å². The Kier molecular flexibility index (Phi) is 11.0. The molecule has 0 radical (unpaired) electrons. The number of nitro benzene ring substituents is 1. The highest BCUT2D eigenvalue weighted by Crippen LogP contribution is 2.36. The summed E-state index contributed by atoms with van der Waals surface area (Å²) < 4.78 is 45.6. The molecule has 2 amide bonds. The van der Waals surface area contributed by atoms with E-state index in [0.29, 0.717) is 17.6 Å². The minimum atomic E-state index is -4.74. The molecule has 18 heteroatoms. The van der Waals surface area contributed by atoms with E-state index in [-0.39, 0.29) is 60.9 Å². The van der Waals surface area contributed by atoms with Gasteiger partial charge in [-0.1, -0.05) is 15.9 Å². The zero-order valence-electron chi connectivity index (χ0n) is 26.8. The number of anilines is 2. The van der Waals surface area contributed by atoms with Gasteiger partial charge in [-0.2, -0.15) is 13.2 Å². The van der Waals surface area contributed by atoms with E-state index in [1.807, 2.05) is 24.8 Å². The number of hydrogen-bond acceptors (Lipinski definition) is 11. The van der Waals surface area contributed by atoms with Crippen LogP contribution in [0, 0.1) is 10.1 Å². The predicted molar refractivity (Wildman–Crippen MR) is 176 cm³/mol. The third-order valence-electron chi connectivity index (χ3n) is 8.15. The fourth-order valence-corrected chi connectivity index (χ4v) is 6.55. The molecule has 14 nitrogen and oxygen atoms in total. The fraction of sp³-hybridized carbons (Fsp3) is 0.452. The summed E-state index contributed by atoms with van der Waals surface area (Å²) in [6, 6.07) is 4.65. The van der Waals surface area contributed by atoms with Crippen molar-refractivity contribution >= 4 is 44.8 Å². The number of carbonyl (C=O) groups is 2. The van der Waals surface area contributed by atoms with Crippen molar-refractivity contribution in [3.05, 3.63) is 80.1 Å². The molecule has 2 saturated heterocycles. The summed E-state index contributed by atoms with van der Waals surface area (Å²) in [5, 5.41) is 21.2. The number of hydrogen-bond donors (Lipinski definition) is 3. The van der Waals surface area contributed by atoms with Gasteiger partial charge >= 0.3 is 6.18 Å². The smallest absolute Gasteiger partial charge is 0.387 e. The molecule has 0 aliphatic carbocycles. The maximum Gasteiger partial charge on any atom is 0.451 e. The van der Waals surface area contributed by atoms with Gasteiger partial charge in [0, 0.05) is 68.4 Å². The molecule has 4 heterocycles. The summed E-state index contributed by atoms with van der Waals surface area (Å²) in [6.45, 7) is 4.52. The molecule has 2 aliphatic heterocycles. The number of benzene rings is 1. The zero-order chi connectivity index (χ0) is 35.5. The lowest BCUT2D eigenvalue weighted by atomic mass is 10.1. The van der Waals surface area contributed by atoms with Crippen LogP contribution in [0.25, 0.3) is 0 Å². The standard InChI is InChI=1S/C31H35BrF3N9O5/c1-17-13-43(14-18(2)49-17)29(46)24-7-20(32)8-25(44(47)48)27(24)40-23-9-26(42(16-23)15-19-6-22(36-3)11-37-10-19)28(45)39-12-21-4-5-38-30(41-21)31(33,34)35/h4-8,10-11,17-18,23,26,36,40H,9,12-16H2,1-3H3,(H,39,45)/t17-,18+,23-,26+/m1/s1. The minimum Gasteiger partial charge on any atom is -0.387 e. The molecule has 49 heavy (non-hydrogen) atoms. The summed E-state index contributed by atoms with van der Waals surface area (Å²) in [7, 11) is 1.74. The third kappa shape index (κ3) is 8.79. The first-order valence-corrected chi connectivity index (χ1v) is 16.2. The Bertz CT molecular complexity index is 1710. The average molecular weight is 751 g/mol. The number of nitrogens with zero attached hydrogens (tertiary/aromatic N) is 6. The van der Waals surface area contributed by atoms with Gasteiger partial charge < -0.3 is 25.6 Å². The SMILES string of the molecule is CNc1cncc(CN2C[C@H](Nc3c(C(=O)N4C[C@@H](C)O[C@@H](C)C4)cc(Br)cc3[N+](=O)[O-])C[C@H]2C(=O)NCc2ccnc(C(F)(F)F)n2)c1. The summed E-state index contributed by atoms with van der Waals surface area (Å²) in [5.74, 6) is -2.20. The summed E-state index contributed by atoms with van der Waals surface area (Å²) >= 11 is 3.31. The first-order valence-electron chi connectivity index (χ1n) is 15.4. The van der Waals surface area contributed by atoms with Crippen molar-refractivity contribution in [3.8, 4) is 0 Å². The van der Waals surface area contributed by atoms with Crippen molar-refractivity contribution in [2.45, 2.75) is 63.8 Å². The number of halogens is 4. The van der Waals surface area contributed by atoms with Gasteiger partial charge in [0.25, 0.3) is 11.6 Å². The largest absolute Gasteiger partial charge is 0.451 e. The van der Waals surface area contributed by atoms with Gasteiger partial charge in [0.2, 0.25) is 11.7 Å². The monoisotopic (exact) mass is 749 g/mol. The number of aromatic nitrogens is 3. The molecule has 5 rings (SSSR count). The number of pyridine rings is 1. The zero-order valence-corrected chi connectivity index (χ0v) is 28.4. The Morgan fingerprint density at radius 3 is 2.55 bits per heavy atom. The molecule has 0 unspecified atom stereocenters. The Hall–Kier alpha value is -4.42. The Labute approximate surface area is 288 Å². The molecular formula is C31H35BrF3N9O5. The van der Waals surface area contributed by atoms with Crippen molar-refractivity contribution in [2.75, 3.05) is 37.3 Å². The van der Waals surface area contributed by atoms with Gasteiger partial charge in [0.1, 0.15) is 5.69 Å². The second kappa shape index (κ2) is 15.0. The van der Waals surface area contributed by atoms with E-state index in [1.165, 1.54) is 18.2 Å². The van der Waals surface area contributed by atoms with E-state index in [0.717, 1.165) is 17.4 Å². The molecule has 3 N–H and O–H groups in total. The summed E-state index contributed by atoms with van der Waals surface area (Å²) in [6.07, 6.45) is -0.778. The van der Waals surface area contributed by atoms with Crippen LogP contribution in [0.15, 0.2) is 47.3 Å². The maximum absolute atomic E-state index is 13.9. The van der Waals surface area contributed by atoms with Crippen LogP contribution in [0.3, 0.4) is 0 Å². The van der Waals surface area contributed by atoms with Crippen LogP contribution in [0.4, 0.5) is 30.2 Å². The van der Waals surface area contributed by atoms with E-state index in [4.69, 9.17) is 4.74 Å². The highest BCUT2D eigenvalue weighted by molar-refractivity contribution is 9.10. The number of ether oxygens (including phenoxy) is 1. The number of likely N-dealkylation sites (tertiary alicyclic amines) is 1. The lowest BCUT2D eigenvalue weighted by molar-refractivity contribution is -0.384. The lowest BCUT2D eigenvalue weighted by Crippen LogP contribution is -2.48. The predicted octanol–water partition coefficient (Wildman–Crippen LogP) is 4.22. The van der Waals surface area contributed by atoms with Gasteiger partial charge in [0.15, 0.2) is 0 Å². The molecule has 0 spiro atoms. The van der Waals surface area contributed by atoms with Gasteiger partial charge in [-0.25, -0.2) is 9.97 Å². The second-order valence-corrected chi connectivity index (χ2v) is 12.9. The molecule has 2 aliphatic rings. The van der Waals surface area contributed by atoms with Gasteiger partial charge in [0.05, 0.1) is 46.7 Å². The highest BCUT2D eigenvalue weighted by Gasteiger charge is 2.39. The molecule has 0 saturated carbocycles. The number of nitrogens with one attached hydrogen (secondary N) is 3. The van der Waals surface area contributed by atoms with E-state index >= 15 is 0 Å². The Balaban J connectivity index is 1.42.